The highest BCUT2D eigenvalue weighted by atomic mass is 19.1. The van der Waals surface area contributed by atoms with Crippen molar-refractivity contribution in [3.63, 3.8) is 0 Å². The van der Waals surface area contributed by atoms with Crippen LogP contribution in [0.1, 0.15) is 117 Å². The Morgan fingerprint density at radius 2 is 1.10 bits per heavy atom. The maximum Gasteiger partial charge on any atom is 0.414 e. The van der Waals surface area contributed by atoms with Crippen LogP contribution < -0.4 is 31.9 Å². The molecule has 2 fully saturated rings. The zero-order valence-corrected chi connectivity index (χ0v) is 43.4. The Balaban J connectivity index is 1.74. The molecule has 0 aromatic rings. The van der Waals surface area contributed by atoms with Crippen LogP contribution in [0.3, 0.4) is 0 Å². The standard InChI is InChI=1S/C44H70FN9O18/c1-23-28-29(68-44(14,15)67-28)31(65-23)54-20-25(45)30(48-34(54)57)49-35(58)64-22-24(66-27(56)17-19-47-33(52-38(61)71-42(8,9)10)53-39(62)72-43(11,12)13)21-63-26(55)16-18-46-32(50-36(59)69-40(2,3)4)51-37(60)70-41(5,6)7/h20,23-24,28-31H,16-19,21-22H2,1-15H3,(H,48,57)(H,49,58)(H2,46,50,51,59,60)(H2,47,52,53,61,62)/t23-,24?,28-,29-,30?,31-/m1/s1. The topological polar surface area (TPSA) is 329 Å². The Hall–Kier alpha value is -6.55. The second-order valence-electron chi connectivity index (χ2n) is 20.6. The fraction of sp³-hybridized carbons (Fsp3) is 0.727. The van der Waals surface area contributed by atoms with E-state index in [-0.39, 0.29) is 6.54 Å². The number of halogens is 1. The highest BCUT2D eigenvalue weighted by molar-refractivity contribution is 6.02. The van der Waals surface area contributed by atoms with Gasteiger partial charge in [0, 0.05) is 6.20 Å². The summed E-state index contributed by atoms with van der Waals surface area (Å²) in [6.07, 6.45) is -11.5. The lowest BCUT2D eigenvalue weighted by atomic mass is 10.1. The molecule has 6 atom stereocenters. The third-order valence-corrected chi connectivity index (χ3v) is 8.62. The van der Waals surface area contributed by atoms with Gasteiger partial charge < -0.3 is 52.7 Å². The van der Waals surface area contributed by atoms with E-state index in [0.717, 1.165) is 11.1 Å². The number of urea groups is 1. The van der Waals surface area contributed by atoms with Crippen molar-refractivity contribution in [2.75, 3.05) is 26.3 Å². The van der Waals surface area contributed by atoms with E-state index in [0.29, 0.717) is 0 Å². The van der Waals surface area contributed by atoms with Crippen LogP contribution in [0.25, 0.3) is 0 Å². The minimum atomic E-state index is -1.72. The normalized spacial score (nSPS) is 20.9. The van der Waals surface area contributed by atoms with Gasteiger partial charge >= 0.3 is 48.4 Å². The number of fused-ring (bicyclic) bond motifs is 1. The summed E-state index contributed by atoms with van der Waals surface area (Å²) in [6, 6.07) is -0.863. The van der Waals surface area contributed by atoms with Gasteiger partial charge in [0.15, 0.2) is 30.1 Å². The van der Waals surface area contributed by atoms with Gasteiger partial charge in [-0.15, -0.1) is 0 Å². The summed E-state index contributed by atoms with van der Waals surface area (Å²) in [6.45, 7) is 22.0. The fourth-order valence-electron chi connectivity index (χ4n) is 6.11. The first-order chi connectivity index (χ1) is 33.0. The van der Waals surface area contributed by atoms with Crippen LogP contribution in [0.2, 0.25) is 0 Å². The third-order valence-electron chi connectivity index (χ3n) is 8.62. The molecule has 2 unspecified atom stereocenters. The van der Waals surface area contributed by atoms with Crippen molar-refractivity contribution in [3.05, 3.63) is 12.0 Å². The van der Waals surface area contributed by atoms with E-state index in [1.54, 1.807) is 104 Å². The first-order valence-corrected chi connectivity index (χ1v) is 22.8. The number of hydrogen-bond acceptors (Lipinski definition) is 20. The number of rotatable bonds is 13. The van der Waals surface area contributed by atoms with E-state index >= 15 is 4.39 Å². The summed E-state index contributed by atoms with van der Waals surface area (Å²) in [5.41, 5.74) is -3.70. The molecular weight excluding hydrogens is 962 g/mol. The first kappa shape index (κ1) is 59.8. The van der Waals surface area contributed by atoms with E-state index in [4.69, 9.17) is 47.4 Å². The summed E-state index contributed by atoms with van der Waals surface area (Å²) < 4.78 is 69.8. The number of aliphatic imine (C=N–C) groups is 2. The van der Waals surface area contributed by atoms with Crippen molar-refractivity contribution < 1.29 is 90.1 Å². The Bertz CT molecular complexity index is 2030. The maximum atomic E-state index is 15.5. The minimum Gasteiger partial charge on any atom is -0.462 e. The minimum absolute atomic E-state index is 0.381. The van der Waals surface area contributed by atoms with Crippen LogP contribution in [0.15, 0.2) is 22.0 Å². The average molecular weight is 1030 g/mol. The predicted molar refractivity (Wildman–Crippen MR) is 248 cm³/mol. The number of hydrogen-bond donors (Lipinski definition) is 6. The number of carbonyl (C=O) groups excluding carboxylic acids is 8. The summed E-state index contributed by atoms with van der Waals surface area (Å²) in [7, 11) is 0. The number of alkyl carbamates (subject to hydrolysis) is 5. The smallest absolute Gasteiger partial charge is 0.414 e. The molecule has 3 heterocycles. The van der Waals surface area contributed by atoms with Crippen LogP contribution in [0.4, 0.5) is 33.2 Å². The Kier molecular flexibility index (Phi) is 20.5. The second-order valence-corrected chi connectivity index (χ2v) is 20.6. The zero-order chi connectivity index (χ0) is 54.6. The van der Waals surface area contributed by atoms with E-state index in [2.05, 4.69) is 41.9 Å². The molecule has 0 aromatic heterocycles. The molecular formula is C44H70FN9O18. The number of amides is 7. The third kappa shape index (κ3) is 22.3. The summed E-state index contributed by atoms with van der Waals surface area (Å²) in [4.78, 5) is 111. The van der Waals surface area contributed by atoms with Crippen molar-refractivity contribution in [2.24, 2.45) is 9.98 Å². The Morgan fingerprint density at radius 3 is 1.54 bits per heavy atom. The van der Waals surface area contributed by atoms with Gasteiger partial charge in [0.2, 0.25) is 11.9 Å². The van der Waals surface area contributed by atoms with Gasteiger partial charge in [0.05, 0.1) is 32.0 Å². The van der Waals surface area contributed by atoms with Crippen molar-refractivity contribution >= 4 is 60.4 Å². The molecule has 0 aromatic carbocycles. The molecule has 0 spiro atoms. The van der Waals surface area contributed by atoms with Crippen LogP contribution in [0, 0.1) is 0 Å². The second kappa shape index (κ2) is 24.7. The molecule has 6 N–H and O–H groups in total. The Labute approximate surface area is 416 Å². The molecule has 0 aliphatic carbocycles. The van der Waals surface area contributed by atoms with Gasteiger partial charge in [-0.2, -0.15) is 0 Å². The molecule has 2 saturated heterocycles. The monoisotopic (exact) mass is 1030 g/mol. The number of ether oxygens (including phenoxy) is 10. The SMILES string of the molecule is C[C@H]1O[C@@H](N2C=C(F)C(NC(=O)OCC(COC(=O)CCN=C(NC(=O)OC(C)(C)C)NC(=O)OC(C)(C)C)OC(=O)CCN=C(NC(=O)OC(C)(C)C)NC(=O)OC(C)(C)C)NC2=O)[C@@H]2OC(C)(C)O[C@@H]21. The highest BCUT2D eigenvalue weighted by Gasteiger charge is 2.56. The van der Waals surface area contributed by atoms with E-state index < -0.39 is 164 Å². The average Bonchev–Trinajstić information content (AvgIpc) is 3.65. The van der Waals surface area contributed by atoms with Gasteiger partial charge in [-0.1, -0.05) is 0 Å². The van der Waals surface area contributed by atoms with Gasteiger partial charge in [0.25, 0.3) is 0 Å². The maximum absolute atomic E-state index is 15.5. The molecule has 3 aliphatic heterocycles. The molecule has 0 saturated carbocycles. The van der Waals surface area contributed by atoms with E-state index in [9.17, 15) is 38.4 Å². The number of nitrogens with one attached hydrogen (secondary N) is 6. The molecule has 72 heavy (non-hydrogen) atoms. The van der Waals surface area contributed by atoms with Crippen LogP contribution in [0.5, 0.6) is 0 Å². The number of nitrogens with zero attached hydrogens (tertiary/aromatic N) is 3. The van der Waals surface area contributed by atoms with Crippen LogP contribution >= 0.6 is 0 Å². The molecule has 0 bridgehead atoms. The lowest BCUT2D eigenvalue weighted by molar-refractivity contribution is -0.196. The van der Waals surface area contributed by atoms with Crippen LogP contribution in [-0.2, 0) is 57.0 Å². The molecule has 7 amide bonds. The number of carbonyl (C=O) groups is 8. The molecule has 27 nitrogen and oxygen atoms in total. The lowest BCUT2D eigenvalue weighted by Crippen LogP contribution is -2.58. The van der Waals surface area contributed by atoms with Crippen molar-refractivity contribution in [3.8, 4) is 0 Å². The molecule has 28 heteroatoms. The van der Waals surface area contributed by atoms with Crippen molar-refractivity contribution in [1.82, 2.24) is 36.8 Å². The quantitative estimate of drug-likeness (QED) is 0.0652. The van der Waals surface area contributed by atoms with Crippen LogP contribution in [-0.4, -0.2) is 157 Å². The van der Waals surface area contributed by atoms with Gasteiger partial charge in [-0.25, -0.2) is 33.2 Å². The molecule has 3 aliphatic rings. The zero-order valence-electron chi connectivity index (χ0n) is 43.4. The number of guanidine groups is 2. The Morgan fingerprint density at radius 1 is 0.681 bits per heavy atom. The largest absolute Gasteiger partial charge is 0.462 e. The predicted octanol–water partition coefficient (Wildman–Crippen LogP) is 4.19. The molecule has 406 valence electrons. The summed E-state index contributed by atoms with van der Waals surface area (Å²) in [5.74, 6) is -4.83. The van der Waals surface area contributed by atoms with E-state index in [1.165, 1.54) is 0 Å². The van der Waals surface area contributed by atoms with Gasteiger partial charge in [-0.05, 0) is 104 Å². The molecule has 3 rings (SSSR count). The van der Waals surface area contributed by atoms with Crippen molar-refractivity contribution in [2.45, 2.75) is 182 Å². The van der Waals surface area contributed by atoms with Gasteiger partial charge in [-0.3, -0.25) is 51.1 Å². The fourth-order valence-corrected chi connectivity index (χ4v) is 6.11. The summed E-state index contributed by atoms with van der Waals surface area (Å²) in [5, 5.41) is 13.5. The van der Waals surface area contributed by atoms with Crippen molar-refractivity contribution in [1.29, 1.82) is 0 Å². The first-order valence-electron chi connectivity index (χ1n) is 22.8. The van der Waals surface area contributed by atoms with Gasteiger partial charge in [0.1, 0.15) is 47.8 Å². The lowest BCUT2D eigenvalue weighted by Gasteiger charge is -2.34. The van der Waals surface area contributed by atoms with E-state index in [1.807, 2.05) is 0 Å². The highest BCUT2D eigenvalue weighted by Crippen LogP contribution is 2.40. The summed E-state index contributed by atoms with van der Waals surface area (Å²) >= 11 is 0. The molecule has 0 radical (unpaired) electrons. The number of esters is 2.